The molecule has 26 heavy (non-hydrogen) atoms. The van der Waals surface area contributed by atoms with Crippen molar-refractivity contribution in [3.8, 4) is 0 Å². The number of likely N-dealkylation sites (tertiary alicyclic amines) is 1. The van der Waals surface area contributed by atoms with Crippen LogP contribution in [0.2, 0.25) is 0 Å². The molecule has 0 atom stereocenters. The molecule has 1 saturated heterocycles. The molecular formula is C20H31IN4O. The second-order valence-electron chi connectivity index (χ2n) is 7.41. The standard InChI is InChI=1S/C20H30N4O.HI/c1-21-18(25)17-8-6-16(7-9-17)14-23-19(22-2)24-13-12-20(15-24)10-4-3-5-11-20;/h6-9H,3-5,10-15H2,1-2H3,(H,21,25)(H,22,23);1H. The van der Waals surface area contributed by atoms with Crippen molar-refractivity contribution < 1.29 is 4.79 Å². The molecule has 1 amide bonds. The minimum atomic E-state index is -0.0508. The molecule has 1 aromatic carbocycles. The third-order valence-corrected chi connectivity index (χ3v) is 5.76. The summed E-state index contributed by atoms with van der Waals surface area (Å²) in [4.78, 5) is 18.5. The van der Waals surface area contributed by atoms with Crippen molar-refractivity contribution in [1.29, 1.82) is 0 Å². The maximum atomic E-state index is 11.6. The monoisotopic (exact) mass is 470 g/mol. The Morgan fingerprint density at radius 3 is 2.46 bits per heavy atom. The van der Waals surface area contributed by atoms with E-state index in [9.17, 15) is 4.79 Å². The van der Waals surface area contributed by atoms with Crippen LogP contribution >= 0.6 is 24.0 Å². The van der Waals surface area contributed by atoms with Crippen molar-refractivity contribution in [3.05, 3.63) is 35.4 Å². The zero-order chi connectivity index (χ0) is 17.7. The first-order valence-electron chi connectivity index (χ1n) is 9.42. The Kier molecular flexibility index (Phi) is 7.73. The third-order valence-electron chi connectivity index (χ3n) is 5.76. The molecule has 1 aromatic rings. The van der Waals surface area contributed by atoms with Crippen LogP contribution in [0.15, 0.2) is 29.3 Å². The lowest BCUT2D eigenvalue weighted by Gasteiger charge is -2.33. The number of halogens is 1. The number of benzene rings is 1. The van der Waals surface area contributed by atoms with Gasteiger partial charge in [-0.2, -0.15) is 0 Å². The SMILES string of the molecule is CN=C(NCc1ccc(C(=O)NC)cc1)N1CCC2(CCCCC2)C1.I. The van der Waals surface area contributed by atoms with Crippen molar-refractivity contribution in [2.24, 2.45) is 10.4 Å². The van der Waals surface area contributed by atoms with Crippen molar-refractivity contribution in [2.45, 2.75) is 45.1 Å². The van der Waals surface area contributed by atoms with E-state index in [2.05, 4.69) is 20.5 Å². The van der Waals surface area contributed by atoms with Crippen molar-refractivity contribution in [1.82, 2.24) is 15.5 Å². The molecule has 1 spiro atoms. The number of carbonyl (C=O) groups excluding carboxylic acids is 1. The number of hydrogen-bond donors (Lipinski definition) is 2. The van der Waals surface area contributed by atoms with E-state index in [1.165, 1.54) is 38.5 Å². The lowest BCUT2D eigenvalue weighted by molar-refractivity contribution is 0.0963. The van der Waals surface area contributed by atoms with Crippen molar-refractivity contribution in [3.63, 3.8) is 0 Å². The highest BCUT2D eigenvalue weighted by atomic mass is 127. The fraction of sp³-hybridized carbons (Fsp3) is 0.600. The fourth-order valence-corrected chi connectivity index (χ4v) is 4.26. The van der Waals surface area contributed by atoms with E-state index < -0.39 is 0 Å². The molecule has 2 N–H and O–H groups in total. The van der Waals surface area contributed by atoms with E-state index in [1.54, 1.807) is 7.05 Å². The van der Waals surface area contributed by atoms with Gasteiger partial charge in [-0.25, -0.2) is 0 Å². The minimum absolute atomic E-state index is 0. The van der Waals surface area contributed by atoms with Crippen LogP contribution in [0, 0.1) is 5.41 Å². The van der Waals surface area contributed by atoms with Crippen LogP contribution in [-0.4, -0.2) is 44.0 Å². The van der Waals surface area contributed by atoms with Gasteiger partial charge >= 0.3 is 0 Å². The van der Waals surface area contributed by atoms with E-state index in [1.807, 2.05) is 31.3 Å². The molecule has 144 valence electrons. The predicted molar refractivity (Wildman–Crippen MR) is 117 cm³/mol. The number of carbonyl (C=O) groups is 1. The van der Waals surface area contributed by atoms with Gasteiger partial charge in [-0.1, -0.05) is 31.4 Å². The van der Waals surface area contributed by atoms with Crippen LogP contribution in [0.25, 0.3) is 0 Å². The Labute approximate surface area is 174 Å². The van der Waals surface area contributed by atoms with Gasteiger partial charge in [0.15, 0.2) is 5.96 Å². The lowest BCUT2D eigenvalue weighted by Crippen LogP contribution is -2.41. The topological polar surface area (TPSA) is 56.7 Å². The maximum Gasteiger partial charge on any atom is 0.251 e. The summed E-state index contributed by atoms with van der Waals surface area (Å²) in [6, 6.07) is 7.73. The van der Waals surface area contributed by atoms with Crippen LogP contribution < -0.4 is 10.6 Å². The number of amides is 1. The number of aliphatic imine (C=N–C) groups is 1. The van der Waals surface area contributed by atoms with Gasteiger partial charge in [0.25, 0.3) is 5.91 Å². The summed E-state index contributed by atoms with van der Waals surface area (Å²) in [6.07, 6.45) is 8.23. The highest BCUT2D eigenvalue weighted by Gasteiger charge is 2.39. The van der Waals surface area contributed by atoms with Gasteiger partial charge in [0.2, 0.25) is 0 Å². The Hall–Kier alpha value is -1.31. The zero-order valence-corrected chi connectivity index (χ0v) is 18.2. The fourth-order valence-electron chi connectivity index (χ4n) is 4.26. The molecule has 5 nitrogen and oxygen atoms in total. The highest BCUT2D eigenvalue weighted by molar-refractivity contribution is 14.0. The second-order valence-corrected chi connectivity index (χ2v) is 7.41. The molecule has 1 heterocycles. The van der Waals surface area contributed by atoms with Gasteiger partial charge < -0.3 is 15.5 Å². The van der Waals surface area contributed by atoms with Crippen LogP contribution in [0.5, 0.6) is 0 Å². The summed E-state index contributed by atoms with van der Waals surface area (Å²) in [5.74, 6) is 0.947. The summed E-state index contributed by atoms with van der Waals surface area (Å²) in [5, 5.41) is 6.13. The van der Waals surface area contributed by atoms with Gasteiger partial charge in [0.05, 0.1) is 0 Å². The molecule has 2 aliphatic rings. The normalized spacial score (nSPS) is 19.2. The van der Waals surface area contributed by atoms with Crippen molar-refractivity contribution >= 4 is 35.8 Å². The molecule has 3 rings (SSSR count). The number of hydrogen-bond acceptors (Lipinski definition) is 2. The van der Waals surface area contributed by atoms with Crippen molar-refractivity contribution in [2.75, 3.05) is 27.2 Å². The van der Waals surface area contributed by atoms with Crippen LogP contribution in [0.3, 0.4) is 0 Å². The average Bonchev–Trinajstić information content (AvgIpc) is 3.06. The molecule has 2 fully saturated rings. The molecule has 0 radical (unpaired) electrons. The summed E-state index contributed by atoms with van der Waals surface area (Å²) in [7, 11) is 3.51. The maximum absolute atomic E-state index is 11.6. The van der Waals surface area contributed by atoms with Gasteiger partial charge in [-0.3, -0.25) is 9.79 Å². The Bertz CT molecular complexity index is 623. The number of nitrogens with one attached hydrogen (secondary N) is 2. The Morgan fingerprint density at radius 2 is 1.85 bits per heavy atom. The molecule has 1 saturated carbocycles. The molecule has 1 aliphatic carbocycles. The quantitative estimate of drug-likeness (QED) is 0.405. The first-order chi connectivity index (χ1) is 12.2. The molecule has 6 heteroatoms. The van der Waals surface area contributed by atoms with Crippen LogP contribution in [0.1, 0.15) is 54.4 Å². The number of guanidine groups is 1. The van der Waals surface area contributed by atoms with E-state index in [4.69, 9.17) is 0 Å². The minimum Gasteiger partial charge on any atom is -0.355 e. The van der Waals surface area contributed by atoms with E-state index in [0.717, 1.165) is 31.2 Å². The number of rotatable bonds is 3. The highest BCUT2D eigenvalue weighted by Crippen LogP contribution is 2.43. The van der Waals surface area contributed by atoms with Gasteiger partial charge in [-0.15, -0.1) is 24.0 Å². The van der Waals surface area contributed by atoms with Gasteiger partial charge in [0, 0.05) is 39.3 Å². The van der Waals surface area contributed by atoms with Gasteiger partial charge in [0.1, 0.15) is 0 Å². The molecular weight excluding hydrogens is 439 g/mol. The van der Waals surface area contributed by atoms with E-state index in [-0.39, 0.29) is 29.9 Å². The lowest BCUT2D eigenvalue weighted by atomic mass is 9.73. The molecule has 0 bridgehead atoms. The zero-order valence-electron chi connectivity index (χ0n) is 15.9. The van der Waals surface area contributed by atoms with Crippen LogP contribution in [-0.2, 0) is 6.54 Å². The smallest absolute Gasteiger partial charge is 0.251 e. The number of nitrogens with zero attached hydrogens (tertiary/aromatic N) is 2. The molecule has 0 aromatic heterocycles. The van der Waals surface area contributed by atoms with Gasteiger partial charge in [-0.05, 0) is 42.4 Å². The van der Waals surface area contributed by atoms with E-state index >= 15 is 0 Å². The third kappa shape index (κ3) is 4.90. The summed E-state index contributed by atoms with van der Waals surface area (Å²) in [6.45, 7) is 2.97. The Balaban J connectivity index is 0.00000243. The summed E-state index contributed by atoms with van der Waals surface area (Å²) in [5.41, 5.74) is 2.38. The average molecular weight is 470 g/mol. The summed E-state index contributed by atoms with van der Waals surface area (Å²) < 4.78 is 0. The molecule has 1 aliphatic heterocycles. The molecule has 0 unspecified atom stereocenters. The first kappa shape index (κ1) is 21.0. The first-order valence-corrected chi connectivity index (χ1v) is 9.42. The van der Waals surface area contributed by atoms with E-state index in [0.29, 0.717) is 11.0 Å². The Morgan fingerprint density at radius 1 is 1.15 bits per heavy atom. The second kappa shape index (κ2) is 9.58. The largest absolute Gasteiger partial charge is 0.355 e. The predicted octanol–water partition coefficient (Wildman–Crippen LogP) is 3.40. The van der Waals surface area contributed by atoms with Crippen LogP contribution in [0.4, 0.5) is 0 Å². The summed E-state index contributed by atoms with van der Waals surface area (Å²) >= 11 is 0.